The third-order valence-electron chi connectivity index (χ3n) is 0.449. The minimum absolute atomic E-state index is 1.06. The third-order valence-corrected chi connectivity index (χ3v) is 0.883. The van der Waals surface area contributed by atoms with Gasteiger partial charge in [-0.1, -0.05) is 12.7 Å². The van der Waals surface area contributed by atoms with Gasteiger partial charge in [0.1, 0.15) is 0 Å². The molecule has 0 aliphatic rings. The molecule has 0 atom stereocenters. The molecule has 0 fully saturated rings. The highest BCUT2D eigenvalue weighted by atomic mass is 32.2. The van der Waals surface area contributed by atoms with Crippen LogP contribution in [0.4, 0.5) is 0 Å². The molecular weight excluding hydrogens is 142 g/mol. The molecule has 0 saturated carbocycles. The predicted octanol–water partition coefficient (Wildman–Crippen LogP) is 0.0785. The fraction of sp³-hybridized carbons (Fsp3) is 0. The zero-order valence-electron chi connectivity index (χ0n) is 4.61. The van der Waals surface area contributed by atoms with Gasteiger partial charge in [0.15, 0.2) is 0 Å². The molecule has 0 aromatic carbocycles. The van der Waals surface area contributed by atoms with E-state index in [2.05, 4.69) is 6.58 Å². The van der Waals surface area contributed by atoms with Crippen molar-refractivity contribution < 1.29 is 13.0 Å². The van der Waals surface area contributed by atoms with Crippen LogP contribution in [0.15, 0.2) is 24.9 Å². The van der Waals surface area contributed by atoms with Crippen molar-refractivity contribution in [2.75, 3.05) is 0 Å². The lowest BCUT2D eigenvalue weighted by atomic mass is 10.6. The molecule has 0 amide bonds. The first-order chi connectivity index (χ1) is 4.06. The number of hydrogen-bond acceptors (Lipinski definition) is 2. The summed E-state index contributed by atoms with van der Waals surface area (Å²) in [7, 11) is -4.08. The summed E-state index contributed by atoms with van der Waals surface area (Å²) in [6.45, 7) is 3.28. The molecule has 0 heterocycles. The predicted molar refractivity (Wildman–Crippen MR) is 34.0 cm³/mol. The second kappa shape index (κ2) is 3.26. The minimum atomic E-state index is -4.08. The Labute approximate surface area is 53.8 Å². The van der Waals surface area contributed by atoms with Gasteiger partial charge in [-0.05, 0) is 6.08 Å². The first-order valence-electron chi connectivity index (χ1n) is 2.08. The largest absolute Gasteiger partial charge is 0.357 e. The van der Waals surface area contributed by atoms with E-state index in [1.165, 1.54) is 12.2 Å². The summed E-state index contributed by atoms with van der Waals surface area (Å²) >= 11 is 0. The Morgan fingerprint density at radius 3 is 2.44 bits per heavy atom. The number of allylic oxidation sites excluding steroid dienone is 2. The summed E-state index contributed by atoms with van der Waals surface area (Å²) in [6.07, 6.45) is 3.77. The lowest BCUT2D eigenvalue weighted by molar-refractivity contribution is 0.476. The van der Waals surface area contributed by atoms with Gasteiger partial charge in [0.05, 0.1) is 0 Å². The van der Waals surface area contributed by atoms with Crippen molar-refractivity contribution in [1.29, 1.82) is 0 Å². The van der Waals surface area contributed by atoms with Crippen molar-refractivity contribution in [2.45, 2.75) is 0 Å². The Bertz CT molecular complexity index is 204. The molecule has 9 heavy (non-hydrogen) atoms. The Morgan fingerprint density at radius 2 is 2.11 bits per heavy atom. The molecule has 4 nitrogen and oxygen atoms in total. The monoisotopic (exact) mass is 149 g/mol. The average Bonchev–Trinajstić information content (AvgIpc) is 1.63. The molecular formula is C4H7NO3S. The molecule has 5 heteroatoms. The molecule has 52 valence electrons. The summed E-state index contributed by atoms with van der Waals surface area (Å²) in [6, 6.07) is 0. The lowest BCUT2D eigenvalue weighted by Gasteiger charge is -1.89. The Balaban J connectivity index is 3.78. The van der Waals surface area contributed by atoms with E-state index in [1.807, 2.05) is 0 Å². The Hall–Kier alpha value is -0.810. The topological polar surface area (TPSA) is 66.4 Å². The number of hydrogen-bond donors (Lipinski definition) is 2. The summed E-state index contributed by atoms with van der Waals surface area (Å²) in [4.78, 5) is 0. The number of nitrogens with one attached hydrogen (secondary N) is 1. The van der Waals surface area contributed by atoms with Crippen LogP contribution in [0.2, 0.25) is 0 Å². The van der Waals surface area contributed by atoms with E-state index >= 15 is 0 Å². The maximum absolute atomic E-state index is 9.86. The maximum Gasteiger partial charge on any atom is 0.357 e. The zero-order chi connectivity index (χ0) is 7.33. The molecule has 0 radical (unpaired) electrons. The van der Waals surface area contributed by atoms with Crippen LogP contribution in [0.5, 0.6) is 0 Å². The number of rotatable bonds is 3. The second-order valence-corrected chi connectivity index (χ2v) is 2.37. The van der Waals surface area contributed by atoms with E-state index in [4.69, 9.17) is 4.55 Å². The quantitative estimate of drug-likeness (QED) is 0.441. The van der Waals surface area contributed by atoms with E-state index in [0.717, 1.165) is 6.20 Å². The maximum atomic E-state index is 9.86. The van der Waals surface area contributed by atoms with Crippen LogP contribution < -0.4 is 4.72 Å². The van der Waals surface area contributed by atoms with Crippen LogP contribution in [0.3, 0.4) is 0 Å². The molecule has 0 bridgehead atoms. The molecule has 0 aliphatic heterocycles. The van der Waals surface area contributed by atoms with Gasteiger partial charge in [0.25, 0.3) is 0 Å². The van der Waals surface area contributed by atoms with Crippen LogP contribution in [0.25, 0.3) is 0 Å². The average molecular weight is 149 g/mol. The fourth-order valence-corrected chi connectivity index (χ4v) is 0.444. The minimum Gasteiger partial charge on any atom is -0.269 e. The Kier molecular flexibility index (Phi) is 2.97. The zero-order valence-corrected chi connectivity index (χ0v) is 5.43. The summed E-state index contributed by atoms with van der Waals surface area (Å²) in [5.41, 5.74) is 0. The van der Waals surface area contributed by atoms with E-state index in [9.17, 15) is 8.42 Å². The van der Waals surface area contributed by atoms with E-state index in [1.54, 1.807) is 4.72 Å². The van der Waals surface area contributed by atoms with E-state index in [-0.39, 0.29) is 0 Å². The van der Waals surface area contributed by atoms with Crippen LogP contribution in [0.1, 0.15) is 0 Å². The normalized spacial score (nSPS) is 11.7. The van der Waals surface area contributed by atoms with Crippen molar-refractivity contribution >= 4 is 10.3 Å². The van der Waals surface area contributed by atoms with Crippen molar-refractivity contribution in [3.8, 4) is 0 Å². The molecule has 0 spiro atoms. The molecule has 0 aromatic heterocycles. The molecule has 0 saturated heterocycles. The van der Waals surface area contributed by atoms with Gasteiger partial charge in [-0.2, -0.15) is 8.42 Å². The van der Waals surface area contributed by atoms with E-state index < -0.39 is 10.3 Å². The SMILES string of the molecule is C=CC=CNS(=O)(=O)O. The highest BCUT2D eigenvalue weighted by Crippen LogP contribution is 1.73. The van der Waals surface area contributed by atoms with Crippen LogP contribution in [0, 0.1) is 0 Å². The first kappa shape index (κ1) is 8.19. The van der Waals surface area contributed by atoms with Gasteiger partial charge in [-0.3, -0.25) is 9.27 Å². The summed E-state index contributed by atoms with van der Waals surface area (Å²) in [5.74, 6) is 0. The standard InChI is InChI=1S/C4H7NO3S/c1-2-3-4-5-9(6,7)8/h2-5H,1H2,(H,6,7,8). The highest BCUT2D eigenvalue weighted by Gasteiger charge is 1.93. The van der Waals surface area contributed by atoms with Crippen molar-refractivity contribution in [2.24, 2.45) is 0 Å². The first-order valence-corrected chi connectivity index (χ1v) is 3.52. The molecule has 0 rings (SSSR count). The summed E-state index contributed by atoms with van der Waals surface area (Å²) in [5, 5.41) is 0. The van der Waals surface area contributed by atoms with Crippen molar-refractivity contribution in [3.63, 3.8) is 0 Å². The van der Waals surface area contributed by atoms with Gasteiger partial charge in [-0.15, -0.1) is 0 Å². The van der Waals surface area contributed by atoms with Crippen molar-refractivity contribution in [1.82, 2.24) is 4.72 Å². The molecule has 2 N–H and O–H groups in total. The lowest BCUT2D eigenvalue weighted by Crippen LogP contribution is -2.15. The Morgan fingerprint density at radius 1 is 1.56 bits per heavy atom. The third kappa shape index (κ3) is 7.19. The van der Waals surface area contributed by atoms with Crippen LogP contribution >= 0.6 is 0 Å². The molecule has 0 unspecified atom stereocenters. The highest BCUT2D eigenvalue weighted by molar-refractivity contribution is 7.83. The van der Waals surface area contributed by atoms with Gasteiger partial charge in [0.2, 0.25) is 0 Å². The summed E-state index contributed by atoms with van der Waals surface area (Å²) < 4.78 is 29.4. The van der Waals surface area contributed by atoms with Crippen molar-refractivity contribution in [3.05, 3.63) is 24.9 Å². The van der Waals surface area contributed by atoms with Crippen LogP contribution in [-0.2, 0) is 10.3 Å². The molecule has 0 aliphatic carbocycles. The van der Waals surface area contributed by atoms with E-state index in [0.29, 0.717) is 0 Å². The second-order valence-electron chi connectivity index (χ2n) is 1.19. The van der Waals surface area contributed by atoms with Gasteiger partial charge < -0.3 is 0 Å². The smallest absolute Gasteiger partial charge is 0.269 e. The van der Waals surface area contributed by atoms with Crippen LogP contribution in [-0.4, -0.2) is 13.0 Å². The van der Waals surface area contributed by atoms with Gasteiger partial charge in [-0.25, -0.2) is 0 Å². The van der Waals surface area contributed by atoms with Gasteiger partial charge in [0, 0.05) is 6.20 Å². The molecule has 0 aromatic rings. The fourth-order valence-electron chi connectivity index (χ4n) is 0.193. The van der Waals surface area contributed by atoms with Gasteiger partial charge >= 0.3 is 10.3 Å².